The van der Waals surface area contributed by atoms with Gasteiger partial charge in [-0.25, -0.2) is 0 Å². The molecule has 30 heavy (non-hydrogen) atoms. The van der Waals surface area contributed by atoms with E-state index < -0.39 is 0 Å². The largest absolute Gasteiger partial charge is 0.321 e. The number of allylic oxidation sites excluding steroid dienone is 8. The molecule has 0 saturated carbocycles. The van der Waals surface area contributed by atoms with Crippen molar-refractivity contribution in [2.24, 2.45) is 4.99 Å². The van der Waals surface area contributed by atoms with Crippen molar-refractivity contribution >= 4 is 23.7 Å². The van der Waals surface area contributed by atoms with Crippen molar-refractivity contribution in [3.8, 4) is 0 Å². The van der Waals surface area contributed by atoms with E-state index in [2.05, 4.69) is 15.6 Å². The zero-order valence-corrected chi connectivity index (χ0v) is 17.3. The molecule has 0 aromatic heterocycles. The summed E-state index contributed by atoms with van der Waals surface area (Å²) in [6.07, 6.45) is 9.52. The lowest BCUT2D eigenvalue weighted by Gasteiger charge is -2.19. The summed E-state index contributed by atoms with van der Waals surface area (Å²) >= 11 is 0. The van der Waals surface area contributed by atoms with Crippen molar-refractivity contribution in [1.29, 1.82) is 0 Å². The van der Waals surface area contributed by atoms with E-state index in [0.29, 0.717) is 58.6 Å². The summed E-state index contributed by atoms with van der Waals surface area (Å²) in [7, 11) is 5.70. The quantitative estimate of drug-likeness (QED) is 0.664. The summed E-state index contributed by atoms with van der Waals surface area (Å²) < 4.78 is 0. The Morgan fingerprint density at radius 2 is 1.87 bits per heavy atom. The third-order valence-electron chi connectivity index (χ3n) is 5.54. The number of nitrogens with one attached hydrogen (secondary N) is 2. The molecule has 2 N–H and O–H groups in total. The summed E-state index contributed by atoms with van der Waals surface area (Å²) in [5.41, 5.74) is 4.49. The van der Waals surface area contributed by atoms with Crippen LogP contribution in [0.25, 0.3) is 0 Å². The van der Waals surface area contributed by atoms with Crippen molar-refractivity contribution < 1.29 is 14.4 Å². The van der Waals surface area contributed by atoms with Gasteiger partial charge in [-0.1, -0.05) is 0 Å². The monoisotopic (exact) mass is 404 g/mol. The minimum atomic E-state index is -0.269. The van der Waals surface area contributed by atoms with Crippen LogP contribution >= 0.6 is 0 Å². The van der Waals surface area contributed by atoms with Gasteiger partial charge in [-0.15, -0.1) is 0 Å². The standard InChI is InChI=1S/C23H24N4O3/c1-24-10-8-13-12-25-17-6-4-15(22(29)19(13)17)14-5-7-18(28)20-16(9-11-27(2)3)23(30)26-21(14)20/h4-7,12,24H,8-11H2,1-3H3,(H,26,30). The highest BCUT2D eigenvalue weighted by Gasteiger charge is 2.37. The van der Waals surface area contributed by atoms with Gasteiger partial charge in [0.05, 0.1) is 22.5 Å². The fourth-order valence-corrected chi connectivity index (χ4v) is 3.98. The average Bonchev–Trinajstić information content (AvgIpc) is 3.27. The minimum Gasteiger partial charge on any atom is -0.321 e. The van der Waals surface area contributed by atoms with Crippen molar-refractivity contribution in [2.75, 3.05) is 34.2 Å². The van der Waals surface area contributed by atoms with Gasteiger partial charge >= 0.3 is 0 Å². The maximum Gasteiger partial charge on any atom is 0.252 e. The Balaban J connectivity index is 1.75. The number of amides is 1. The van der Waals surface area contributed by atoms with E-state index >= 15 is 0 Å². The highest BCUT2D eigenvalue weighted by atomic mass is 16.2. The Bertz CT molecular complexity index is 1080. The number of hydrogen-bond acceptors (Lipinski definition) is 6. The van der Waals surface area contributed by atoms with Crippen LogP contribution < -0.4 is 10.6 Å². The maximum atomic E-state index is 13.4. The Kier molecular flexibility index (Phi) is 5.32. The van der Waals surface area contributed by atoms with Gasteiger partial charge in [0.15, 0.2) is 11.6 Å². The predicted octanol–water partition coefficient (Wildman–Crippen LogP) is 1.14. The first kappa shape index (κ1) is 20.1. The van der Waals surface area contributed by atoms with Gasteiger partial charge in [0.1, 0.15) is 0 Å². The van der Waals surface area contributed by atoms with E-state index in [9.17, 15) is 14.4 Å². The number of fused-ring (bicyclic) bond motifs is 2. The molecule has 0 fully saturated rings. The number of aliphatic imine (C=N–C) groups is 1. The normalized spacial score (nSPS) is 20.3. The summed E-state index contributed by atoms with van der Waals surface area (Å²) in [5.74, 6) is -0.610. The molecule has 0 saturated heterocycles. The number of carbonyl (C=O) groups is 3. The van der Waals surface area contributed by atoms with Crippen LogP contribution in [-0.2, 0) is 14.4 Å². The molecule has 4 rings (SSSR count). The van der Waals surface area contributed by atoms with Gasteiger partial charge in [0.25, 0.3) is 5.91 Å². The van der Waals surface area contributed by atoms with Crippen LogP contribution in [0.15, 0.2) is 74.1 Å². The van der Waals surface area contributed by atoms with E-state index in [-0.39, 0.29) is 17.5 Å². The van der Waals surface area contributed by atoms with Gasteiger partial charge in [-0.3, -0.25) is 19.4 Å². The molecule has 7 heteroatoms. The number of carbonyl (C=O) groups excluding carboxylic acids is 3. The second-order valence-corrected chi connectivity index (χ2v) is 7.82. The van der Waals surface area contributed by atoms with Crippen LogP contribution in [0, 0.1) is 0 Å². The number of Topliss-reactive ketones (excluding diaryl/α,β-unsaturated/α-hetero) is 1. The van der Waals surface area contributed by atoms with Crippen LogP contribution in [0.4, 0.5) is 0 Å². The number of nitrogens with zero attached hydrogens (tertiary/aromatic N) is 2. The van der Waals surface area contributed by atoms with Crippen LogP contribution in [-0.4, -0.2) is 62.8 Å². The van der Waals surface area contributed by atoms with E-state index in [1.165, 1.54) is 6.08 Å². The molecule has 0 aromatic rings. The molecule has 0 aromatic carbocycles. The fourth-order valence-electron chi connectivity index (χ4n) is 3.98. The van der Waals surface area contributed by atoms with Crippen molar-refractivity contribution in [3.05, 3.63) is 69.1 Å². The second-order valence-electron chi connectivity index (χ2n) is 7.82. The Morgan fingerprint density at radius 1 is 1.07 bits per heavy atom. The van der Waals surface area contributed by atoms with Crippen molar-refractivity contribution in [3.63, 3.8) is 0 Å². The van der Waals surface area contributed by atoms with E-state index in [1.54, 1.807) is 18.4 Å². The first-order chi connectivity index (χ1) is 14.4. The molecule has 7 nitrogen and oxygen atoms in total. The third kappa shape index (κ3) is 3.36. The van der Waals surface area contributed by atoms with Crippen LogP contribution in [0.3, 0.4) is 0 Å². The Morgan fingerprint density at radius 3 is 2.60 bits per heavy atom. The van der Waals surface area contributed by atoms with Gasteiger partial charge in [0, 0.05) is 29.5 Å². The van der Waals surface area contributed by atoms with Crippen LogP contribution in [0.1, 0.15) is 12.8 Å². The molecule has 0 radical (unpaired) electrons. The molecule has 0 bridgehead atoms. The fraction of sp³-hybridized carbons (Fsp3) is 0.304. The van der Waals surface area contributed by atoms with E-state index in [1.807, 2.05) is 32.1 Å². The topological polar surface area (TPSA) is 90.9 Å². The van der Waals surface area contributed by atoms with Crippen LogP contribution in [0.5, 0.6) is 0 Å². The molecular formula is C23H24N4O3. The number of rotatable bonds is 7. The summed E-state index contributed by atoms with van der Waals surface area (Å²) in [6.45, 7) is 1.39. The Labute approximate surface area is 175 Å². The van der Waals surface area contributed by atoms with Crippen LogP contribution in [0.2, 0.25) is 0 Å². The van der Waals surface area contributed by atoms with Gasteiger partial charge < -0.3 is 15.5 Å². The zero-order chi connectivity index (χ0) is 21.4. The number of ketones is 2. The molecular weight excluding hydrogens is 380 g/mol. The minimum absolute atomic E-state index is 0.132. The lowest BCUT2D eigenvalue weighted by atomic mass is 9.84. The maximum absolute atomic E-state index is 13.4. The Hall–Kier alpha value is -3.16. The molecule has 1 amide bonds. The predicted molar refractivity (Wildman–Crippen MR) is 115 cm³/mol. The molecule has 4 aliphatic rings. The molecule has 2 aliphatic heterocycles. The third-order valence-corrected chi connectivity index (χ3v) is 5.54. The lowest BCUT2D eigenvalue weighted by Crippen LogP contribution is -2.23. The van der Waals surface area contributed by atoms with E-state index in [4.69, 9.17) is 0 Å². The van der Waals surface area contributed by atoms with Gasteiger partial charge in [-0.2, -0.15) is 0 Å². The highest BCUT2D eigenvalue weighted by molar-refractivity contribution is 6.23. The smallest absolute Gasteiger partial charge is 0.252 e. The molecule has 2 heterocycles. The zero-order valence-electron chi connectivity index (χ0n) is 17.3. The SMILES string of the molecule is CNCCC1=C2C(=O)C(C3=C4NC(=O)C(CCN(C)C)=C4C(=O)C=C3)=CC=C2N=C1. The lowest BCUT2D eigenvalue weighted by molar-refractivity contribution is -0.116. The van der Waals surface area contributed by atoms with Crippen molar-refractivity contribution in [1.82, 2.24) is 15.5 Å². The van der Waals surface area contributed by atoms with E-state index in [0.717, 1.165) is 12.1 Å². The summed E-state index contributed by atoms with van der Waals surface area (Å²) in [4.78, 5) is 44.9. The summed E-state index contributed by atoms with van der Waals surface area (Å²) in [5, 5.41) is 5.93. The second kappa shape index (κ2) is 7.93. The summed E-state index contributed by atoms with van der Waals surface area (Å²) in [6, 6.07) is 0. The first-order valence-electron chi connectivity index (χ1n) is 9.98. The molecule has 0 atom stereocenters. The van der Waals surface area contributed by atoms with Crippen molar-refractivity contribution in [2.45, 2.75) is 12.8 Å². The average molecular weight is 404 g/mol. The molecule has 154 valence electrons. The molecule has 2 aliphatic carbocycles. The highest BCUT2D eigenvalue weighted by Crippen LogP contribution is 2.38. The molecule has 0 unspecified atom stereocenters. The van der Waals surface area contributed by atoms with Gasteiger partial charge in [-0.05, 0) is 70.4 Å². The molecule has 0 spiro atoms. The number of hydrogen-bond donors (Lipinski definition) is 2. The van der Waals surface area contributed by atoms with Gasteiger partial charge in [0.2, 0.25) is 0 Å². The first-order valence-corrected chi connectivity index (χ1v) is 9.98.